The van der Waals surface area contributed by atoms with Crippen LogP contribution in [-0.4, -0.2) is 23.3 Å². The van der Waals surface area contributed by atoms with Gasteiger partial charge in [0.25, 0.3) is 0 Å². The average molecular weight is 579 g/mol. The van der Waals surface area contributed by atoms with Crippen LogP contribution in [0.2, 0.25) is 0 Å². The van der Waals surface area contributed by atoms with E-state index in [2.05, 4.69) is 36.4 Å². The number of pyridine rings is 1. The van der Waals surface area contributed by atoms with E-state index in [1.54, 1.807) is 36.2 Å². The topological polar surface area (TPSA) is 89.3 Å². The molecule has 1 aromatic heterocycles. The summed E-state index contributed by atoms with van der Waals surface area (Å²) < 4.78 is 20.6. The third-order valence-corrected chi connectivity index (χ3v) is 6.68. The Balaban J connectivity index is 0.00000110. The molecule has 1 heterocycles. The lowest BCUT2D eigenvalue weighted by molar-refractivity contribution is -0.122. The van der Waals surface area contributed by atoms with E-state index in [9.17, 15) is 4.79 Å². The fraction of sp³-hybridized carbons (Fsp3) is 0.333. The molecule has 3 aromatic carbocycles. The summed E-state index contributed by atoms with van der Waals surface area (Å²) >= 11 is 1.71. The van der Waals surface area contributed by atoms with E-state index in [4.69, 9.17) is 10.5 Å². The molecule has 41 heavy (non-hydrogen) atoms. The molecular weight excluding hydrogens is 535 g/mol. The Bertz CT molecular complexity index is 1380. The molecule has 1 unspecified atom stereocenters. The third kappa shape index (κ3) is 9.67. The quantitative estimate of drug-likeness (QED) is 0.164. The molecule has 8 heteroatoms. The van der Waals surface area contributed by atoms with Crippen LogP contribution in [0.1, 0.15) is 65.1 Å². The maximum Gasteiger partial charge on any atom is 0.247 e. The molecular formula is C33H43FN4O2S. The van der Waals surface area contributed by atoms with Crippen LogP contribution in [0.5, 0.6) is 5.75 Å². The van der Waals surface area contributed by atoms with Gasteiger partial charge in [0.2, 0.25) is 5.91 Å². The summed E-state index contributed by atoms with van der Waals surface area (Å²) in [6.45, 7) is 12.9. The molecule has 4 N–H and O–H groups in total. The Labute approximate surface area is 248 Å². The van der Waals surface area contributed by atoms with E-state index in [0.29, 0.717) is 30.4 Å². The highest BCUT2D eigenvalue weighted by molar-refractivity contribution is 7.99. The van der Waals surface area contributed by atoms with Crippen molar-refractivity contribution in [3.05, 3.63) is 89.9 Å². The monoisotopic (exact) mass is 578 g/mol. The number of fused-ring (bicyclic) bond motifs is 1. The van der Waals surface area contributed by atoms with Crippen molar-refractivity contribution in [2.75, 3.05) is 23.4 Å². The lowest BCUT2D eigenvalue weighted by Gasteiger charge is -2.22. The molecule has 0 aliphatic rings. The number of halogens is 1. The van der Waals surface area contributed by atoms with E-state index >= 15 is 4.39 Å². The molecule has 0 fully saturated rings. The maximum atomic E-state index is 15.1. The minimum Gasteiger partial charge on any atom is -0.494 e. The standard InChI is InChI=1S/C28H29FN4O2S.C3H8.C2H6/c1-3-35-21-10-12-24(29)23(16-21)26(28(34)32-17-19-7-5-6-8-25(19)36-4-2)33-20-9-11-22-18(15-20)13-14-31-27(22)30;1-3-2;1-2/h5-16,26,33H,3-4,17H2,1-2H3,(H2,30,31)(H,32,34);3H2,1-2H3;1-2H3. The van der Waals surface area contributed by atoms with Gasteiger partial charge in [0.15, 0.2) is 0 Å². The molecule has 0 aliphatic heterocycles. The lowest BCUT2D eigenvalue weighted by Crippen LogP contribution is -2.34. The molecule has 4 rings (SSSR count). The van der Waals surface area contributed by atoms with Crippen molar-refractivity contribution in [3.63, 3.8) is 0 Å². The largest absolute Gasteiger partial charge is 0.494 e. The van der Waals surface area contributed by atoms with Crippen LogP contribution < -0.4 is 21.1 Å². The summed E-state index contributed by atoms with van der Waals surface area (Å²) in [5.74, 6) is 0.991. The van der Waals surface area contributed by atoms with E-state index < -0.39 is 11.9 Å². The van der Waals surface area contributed by atoms with Crippen LogP contribution in [0, 0.1) is 5.82 Å². The van der Waals surface area contributed by atoms with Gasteiger partial charge in [-0.05, 0) is 72.2 Å². The molecule has 4 aromatic rings. The first-order valence-corrected chi connectivity index (χ1v) is 15.2. The molecule has 1 amide bonds. The van der Waals surface area contributed by atoms with Gasteiger partial charge in [-0.2, -0.15) is 0 Å². The summed E-state index contributed by atoms with van der Waals surface area (Å²) in [5, 5.41) is 7.87. The predicted molar refractivity (Wildman–Crippen MR) is 172 cm³/mol. The van der Waals surface area contributed by atoms with Crippen LogP contribution in [-0.2, 0) is 11.3 Å². The van der Waals surface area contributed by atoms with Gasteiger partial charge in [0.1, 0.15) is 23.4 Å². The summed E-state index contributed by atoms with van der Waals surface area (Å²) in [6.07, 6.45) is 2.88. The van der Waals surface area contributed by atoms with Crippen molar-refractivity contribution in [1.82, 2.24) is 10.3 Å². The molecule has 0 aliphatic carbocycles. The number of nitrogens with two attached hydrogens (primary N) is 1. The zero-order valence-electron chi connectivity index (χ0n) is 25.0. The van der Waals surface area contributed by atoms with Gasteiger partial charge in [-0.1, -0.05) is 59.2 Å². The van der Waals surface area contributed by atoms with Crippen molar-refractivity contribution in [2.24, 2.45) is 0 Å². The van der Waals surface area contributed by atoms with Gasteiger partial charge < -0.3 is 21.1 Å². The molecule has 220 valence electrons. The first kappa shape index (κ1) is 33.4. The second-order valence-corrected chi connectivity index (χ2v) is 10.1. The van der Waals surface area contributed by atoms with Crippen LogP contribution in [0.15, 0.2) is 77.8 Å². The second-order valence-electron chi connectivity index (χ2n) is 8.79. The number of amides is 1. The second kappa shape index (κ2) is 17.8. The summed E-state index contributed by atoms with van der Waals surface area (Å²) in [7, 11) is 0. The van der Waals surface area contributed by atoms with Gasteiger partial charge in [0, 0.05) is 34.3 Å². The van der Waals surface area contributed by atoms with Crippen molar-refractivity contribution >= 4 is 39.9 Å². The number of thioether (sulfide) groups is 1. The molecule has 1 atom stereocenters. The lowest BCUT2D eigenvalue weighted by atomic mass is 10.0. The van der Waals surface area contributed by atoms with Crippen molar-refractivity contribution in [2.45, 2.75) is 65.4 Å². The number of rotatable bonds is 10. The molecule has 0 saturated heterocycles. The van der Waals surface area contributed by atoms with Gasteiger partial charge >= 0.3 is 0 Å². The Morgan fingerprint density at radius 1 is 1.02 bits per heavy atom. The Morgan fingerprint density at radius 3 is 2.46 bits per heavy atom. The minimum absolute atomic E-state index is 0.198. The number of hydrogen-bond donors (Lipinski definition) is 3. The fourth-order valence-corrected chi connectivity index (χ4v) is 4.78. The summed E-state index contributed by atoms with van der Waals surface area (Å²) in [6, 6.07) is 18.7. The number of hydrogen-bond acceptors (Lipinski definition) is 6. The predicted octanol–water partition coefficient (Wildman–Crippen LogP) is 8.38. The number of nitrogen functional groups attached to an aromatic ring is 1. The molecule has 0 saturated carbocycles. The van der Waals surface area contributed by atoms with Crippen LogP contribution in [0.3, 0.4) is 0 Å². The Hall–Kier alpha value is -3.78. The third-order valence-electron chi connectivity index (χ3n) is 5.68. The van der Waals surface area contributed by atoms with Gasteiger partial charge in [-0.3, -0.25) is 4.79 Å². The van der Waals surface area contributed by atoms with Gasteiger partial charge in [-0.15, -0.1) is 11.8 Å². The van der Waals surface area contributed by atoms with E-state index in [0.717, 1.165) is 27.0 Å². The molecule has 0 bridgehead atoms. The van der Waals surface area contributed by atoms with Gasteiger partial charge in [0.05, 0.1) is 6.61 Å². The number of nitrogens with zero attached hydrogens (tertiary/aromatic N) is 1. The number of nitrogens with one attached hydrogen (secondary N) is 2. The van der Waals surface area contributed by atoms with E-state index in [1.165, 1.54) is 12.5 Å². The minimum atomic E-state index is -0.993. The van der Waals surface area contributed by atoms with Crippen LogP contribution >= 0.6 is 11.8 Å². The Kier molecular flexibility index (Phi) is 14.5. The maximum absolute atomic E-state index is 15.1. The highest BCUT2D eigenvalue weighted by Crippen LogP contribution is 2.29. The number of aromatic nitrogens is 1. The highest BCUT2D eigenvalue weighted by atomic mass is 32.2. The van der Waals surface area contributed by atoms with Gasteiger partial charge in [-0.25, -0.2) is 9.37 Å². The SMILES string of the molecule is CC.CCC.CCOc1ccc(F)c(C(Nc2ccc3c(N)nccc3c2)C(=O)NCc2ccccc2SCC)c1. The van der Waals surface area contributed by atoms with E-state index in [1.807, 2.05) is 63.2 Å². The fourth-order valence-electron chi connectivity index (χ4n) is 3.97. The normalized spacial score (nSPS) is 10.9. The zero-order chi connectivity index (χ0) is 30.2. The summed E-state index contributed by atoms with van der Waals surface area (Å²) in [5.41, 5.74) is 7.84. The number of carbonyl (C=O) groups is 1. The summed E-state index contributed by atoms with van der Waals surface area (Å²) in [4.78, 5) is 18.7. The first-order valence-electron chi connectivity index (χ1n) is 14.2. The zero-order valence-corrected chi connectivity index (χ0v) is 25.8. The average Bonchev–Trinajstić information content (AvgIpc) is 2.98. The number of ether oxygens (including phenoxy) is 1. The molecule has 6 nitrogen and oxygen atoms in total. The smallest absolute Gasteiger partial charge is 0.247 e. The number of carbonyl (C=O) groups excluding carboxylic acids is 1. The van der Waals surface area contributed by atoms with Crippen LogP contribution in [0.4, 0.5) is 15.9 Å². The molecule has 0 spiro atoms. The molecule has 0 radical (unpaired) electrons. The first-order chi connectivity index (χ1) is 19.9. The Morgan fingerprint density at radius 2 is 1.76 bits per heavy atom. The van der Waals surface area contributed by atoms with Crippen LogP contribution in [0.25, 0.3) is 10.8 Å². The van der Waals surface area contributed by atoms with Crippen molar-refractivity contribution in [1.29, 1.82) is 0 Å². The van der Waals surface area contributed by atoms with E-state index in [-0.39, 0.29) is 11.5 Å². The van der Waals surface area contributed by atoms with Crippen molar-refractivity contribution in [3.8, 4) is 5.75 Å². The van der Waals surface area contributed by atoms with Crippen molar-refractivity contribution < 1.29 is 13.9 Å². The number of anilines is 2. The number of benzene rings is 3. The highest BCUT2D eigenvalue weighted by Gasteiger charge is 2.25.